The molecule has 5 rings (SSSR count). The van der Waals surface area contributed by atoms with Gasteiger partial charge in [0.1, 0.15) is 18.3 Å². The van der Waals surface area contributed by atoms with E-state index in [0.29, 0.717) is 52.1 Å². The van der Waals surface area contributed by atoms with Crippen molar-refractivity contribution in [1.82, 2.24) is 34.9 Å². The van der Waals surface area contributed by atoms with E-state index in [1.807, 2.05) is 0 Å². The summed E-state index contributed by atoms with van der Waals surface area (Å²) in [6.07, 6.45) is -2.09. The van der Waals surface area contributed by atoms with Crippen molar-refractivity contribution in [3.63, 3.8) is 0 Å². The Morgan fingerprint density at radius 3 is 1.98 bits per heavy atom. The van der Waals surface area contributed by atoms with Crippen molar-refractivity contribution < 1.29 is 40.1 Å². The fourth-order valence-corrected chi connectivity index (χ4v) is 7.52. The SMILES string of the molecule is CCCSc1nc(Cl)c(N)c(C[C@@H]2C[C@H](OCCO)[C@@H](O)[C@H]2O)n1.CCCSc1nc(Cl)c2nnn([C@@H]3C[C@H](OCCO)[C@@H](O)[C@H]3O)c2n1. The van der Waals surface area contributed by atoms with Gasteiger partial charge in [-0.3, -0.25) is 0 Å². The van der Waals surface area contributed by atoms with Crippen LogP contribution in [0.4, 0.5) is 5.69 Å². The number of nitrogen functional groups attached to an aromatic ring is 1. The summed E-state index contributed by atoms with van der Waals surface area (Å²) in [5.74, 6) is 1.48. The third kappa shape index (κ3) is 10.0. The molecule has 3 aromatic heterocycles. The number of nitrogens with zero attached hydrogens (tertiary/aromatic N) is 7. The minimum absolute atomic E-state index is 0.0884. The summed E-state index contributed by atoms with van der Waals surface area (Å²) in [5, 5.41) is 68.1. The van der Waals surface area contributed by atoms with Crippen molar-refractivity contribution in [1.29, 1.82) is 0 Å². The number of fused-ring (bicyclic) bond motifs is 1. The Kier molecular flexibility index (Phi) is 15.7. The van der Waals surface area contributed by atoms with E-state index in [9.17, 15) is 20.4 Å². The van der Waals surface area contributed by atoms with Crippen LogP contribution in [0.15, 0.2) is 10.3 Å². The van der Waals surface area contributed by atoms with Crippen molar-refractivity contribution in [3.8, 4) is 0 Å². The number of anilines is 1. The number of aromatic nitrogens is 7. The molecule has 274 valence electrons. The number of halogens is 2. The van der Waals surface area contributed by atoms with Gasteiger partial charge < -0.3 is 45.8 Å². The third-order valence-corrected chi connectivity index (χ3v) is 10.7. The maximum absolute atomic E-state index is 10.4. The van der Waals surface area contributed by atoms with Crippen molar-refractivity contribution in [2.24, 2.45) is 5.92 Å². The molecule has 0 aromatic carbocycles. The molecule has 49 heavy (non-hydrogen) atoms. The normalized spacial score (nSPS) is 26.7. The van der Waals surface area contributed by atoms with Crippen LogP contribution in [0.5, 0.6) is 0 Å². The van der Waals surface area contributed by atoms with Crippen LogP contribution >= 0.6 is 46.7 Å². The van der Waals surface area contributed by atoms with Gasteiger partial charge in [0.05, 0.1) is 62.2 Å². The fraction of sp³-hybridized carbons (Fsp3) is 0.724. The molecule has 0 bridgehead atoms. The predicted molar refractivity (Wildman–Crippen MR) is 185 cm³/mol. The summed E-state index contributed by atoms with van der Waals surface area (Å²) in [4.78, 5) is 17.3. The van der Waals surface area contributed by atoms with Crippen LogP contribution in [-0.2, 0) is 15.9 Å². The molecular weight excluding hydrogens is 723 g/mol. The highest BCUT2D eigenvalue weighted by atomic mass is 35.5. The van der Waals surface area contributed by atoms with Gasteiger partial charge in [-0.1, -0.05) is 65.8 Å². The van der Waals surface area contributed by atoms with Crippen LogP contribution < -0.4 is 5.73 Å². The Morgan fingerprint density at radius 1 is 0.796 bits per heavy atom. The first-order valence-electron chi connectivity index (χ1n) is 16.1. The molecule has 3 heterocycles. The number of ether oxygens (including phenoxy) is 2. The number of nitrogens with two attached hydrogens (primary N) is 1. The number of aliphatic hydroxyl groups excluding tert-OH is 6. The molecule has 2 aliphatic carbocycles. The van der Waals surface area contributed by atoms with Crippen LogP contribution in [-0.4, -0.2) is 140 Å². The first-order chi connectivity index (χ1) is 23.5. The van der Waals surface area contributed by atoms with E-state index in [4.69, 9.17) is 48.6 Å². The smallest absolute Gasteiger partial charge is 0.191 e. The summed E-state index contributed by atoms with van der Waals surface area (Å²) in [7, 11) is 0. The monoisotopic (exact) mass is 766 g/mol. The largest absolute Gasteiger partial charge is 0.395 e. The summed E-state index contributed by atoms with van der Waals surface area (Å²) in [6.45, 7) is 4.05. The lowest BCUT2D eigenvalue weighted by molar-refractivity contribution is -0.0631. The van der Waals surface area contributed by atoms with Gasteiger partial charge in [-0.2, -0.15) is 0 Å². The van der Waals surface area contributed by atoms with E-state index >= 15 is 0 Å². The first-order valence-corrected chi connectivity index (χ1v) is 18.8. The standard InChI is InChI=1S/C15H24ClN3O4S.C14H20ClN5O4S/c1-2-5-24-15-18-9(11(17)14(16)19-15)6-8-7-10(23-4-3-20)13(22)12(8)21;1-2-5-25-14-16-12(15)9-13(17-14)20(19-18-9)7-6-8(24-4-3-21)11(23)10(7)22/h8,10,12-13,20-22H,2-7,17H2,1H3;7-8,10-11,21-23H,2-6H2,1H3/t8-,10+,12+,13-;7-,8+,10+,11-/m11/s1. The van der Waals surface area contributed by atoms with Gasteiger partial charge in [0, 0.05) is 17.9 Å². The summed E-state index contributed by atoms with van der Waals surface area (Å²) >= 11 is 15.2. The average Bonchev–Trinajstić information content (AvgIpc) is 3.72. The molecule has 2 fully saturated rings. The maximum Gasteiger partial charge on any atom is 0.191 e. The highest BCUT2D eigenvalue weighted by Crippen LogP contribution is 2.36. The molecular formula is C29H44Cl2N8O8S2. The van der Waals surface area contributed by atoms with Gasteiger partial charge in [-0.25, -0.2) is 24.6 Å². The van der Waals surface area contributed by atoms with Gasteiger partial charge in [0.15, 0.2) is 31.8 Å². The number of hydrogen-bond acceptors (Lipinski definition) is 17. The second-order valence-corrected chi connectivity index (χ2v) is 14.4. The van der Waals surface area contributed by atoms with Crippen molar-refractivity contribution in [2.45, 2.75) is 98.9 Å². The molecule has 2 aliphatic rings. The molecule has 20 heteroatoms. The van der Waals surface area contributed by atoms with Crippen molar-refractivity contribution in [2.75, 3.05) is 43.7 Å². The van der Waals surface area contributed by atoms with Crippen molar-refractivity contribution >= 4 is 63.6 Å². The summed E-state index contributed by atoms with van der Waals surface area (Å²) < 4.78 is 12.2. The van der Waals surface area contributed by atoms with Crippen LogP contribution in [0.3, 0.4) is 0 Å². The molecule has 0 spiro atoms. The maximum atomic E-state index is 10.4. The predicted octanol–water partition coefficient (Wildman–Crippen LogP) is 1.30. The van der Waals surface area contributed by atoms with E-state index in [-0.39, 0.29) is 42.7 Å². The molecule has 8 N–H and O–H groups in total. The van der Waals surface area contributed by atoms with E-state index in [0.717, 1.165) is 24.3 Å². The van der Waals surface area contributed by atoms with E-state index in [1.54, 1.807) is 0 Å². The first kappa shape index (κ1) is 40.1. The summed E-state index contributed by atoms with van der Waals surface area (Å²) in [5.41, 5.74) is 7.63. The second-order valence-electron chi connectivity index (χ2n) is 11.6. The number of rotatable bonds is 15. The second kappa shape index (κ2) is 19.2. The Balaban J connectivity index is 0.000000221. The topological polar surface area (TPSA) is 248 Å². The van der Waals surface area contributed by atoms with Crippen molar-refractivity contribution in [3.05, 3.63) is 16.0 Å². The fourth-order valence-electron chi connectivity index (χ4n) is 5.62. The van der Waals surface area contributed by atoms with Gasteiger partial charge in [-0.05, 0) is 31.6 Å². The Bertz CT molecular complexity index is 1500. The quantitative estimate of drug-likeness (QED) is 0.0654. The Labute approximate surface area is 302 Å². The highest BCUT2D eigenvalue weighted by Gasteiger charge is 2.45. The van der Waals surface area contributed by atoms with Gasteiger partial charge in [-0.15, -0.1) is 5.10 Å². The summed E-state index contributed by atoms with van der Waals surface area (Å²) in [6, 6.07) is -0.557. The zero-order valence-electron chi connectivity index (χ0n) is 27.2. The van der Waals surface area contributed by atoms with E-state index in [2.05, 4.69) is 44.1 Å². The minimum atomic E-state index is -1.09. The van der Waals surface area contributed by atoms with Gasteiger partial charge in [0.25, 0.3) is 0 Å². The van der Waals surface area contributed by atoms with Crippen LogP contribution in [0.2, 0.25) is 10.3 Å². The molecule has 3 aromatic rings. The van der Waals surface area contributed by atoms with Crippen LogP contribution in [0, 0.1) is 5.92 Å². The Morgan fingerprint density at radius 2 is 1.37 bits per heavy atom. The zero-order valence-corrected chi connectivity index (χ0v) is 30.3. The average molecular weight is 768 g/mol. The molecule has 2 saturated carbocycles. The third-order valence-electron chi connectivity index (χ3n) is 8.05. The molecule has 0 amide bonds. The molecule has 8 atom stereocenters. The lowest BCUT2D eigenvalue weighted by Gasteiger charge is -2.17. The number of aliphatic hydroxyl groups is 6. The Hall–Kier alpha value is -1.68. The van der Waals surface area contributed by atoms with E-state index < -0.39 is 42.7 Å². The van der Waals surface area contributed by atoms with Gasteiger partial charge in [0.2, 0.25) is 0 Å². The molecule has 0 unspecified atom stereocenters. The van der Waals surface area contributed by atoms with Gasteiger partial charge >= 0.3 is 0 Å². The lowest BCUT2D eigenvalue weighted by Crippen LogP contribution is -2.33. The molecule has 0 aliphatic heterocycles. The molecule has 0 radical (unpaired) electrons. The molecule has 0 saturated heterocycles. The number of hydrogen-bond donors (Lipinski definition) is 7. The number of thioether (sulfide) groups is 2. The highest BCUT2D eigenvalue weighted by molar-refractivity contribution is 7.99. The van der Waals surface area contributed by atoms with Crippen LogP contribution in [0.1, 0.15) is 51.3 Å². The van der Waals surface area contributed by atoms with E-state index in [1.165, 1.54) is 28.2 Å². The minimum Gasteiger partial charge on any atom is -0.395 e. The zero-order chi connectivity index (χ0) is 35.7. The van der Waals surface area contributed by atoms with Crippen LogP contribution in [0.25, 0.3) is 11.2 Å². The molecule has 16 nitrogen and oxygen atoms in total. The lowest BCUT2D eigenvalue weighted by atomic mass is 9.98.